The van der Waals surface area contributed by atoms with Crippen molar-refractivity contribution in [2.45, 2.75) is 65.5 Å². The Hall–Kier alpha value is -3.65. The Morgan fingerprint density at radius 1 is 0.902 bits per heavy atom. The molecule has 1 atom stereocenters. The molecule has 0 spiro atoms. The number of hydrogen-bond donors (Lipinski definition) is 1. The Morgan fingerprint density at radius 2 is 1.54 bits per heavy atom. The fraction of sp³-hybridized carbons (Fsp3) is 0.394. The highest BCUT2D eigenvalue weighted by Gasteiger charge is 2.33. The van der Waals surface area contributed by atoms with Gasteiger partial charge < -0.3 is 10.2 Å². The van der Waals surface area contributed by atoms with Gasteiger partial charge in [-0.25, -0.2) is 8.42 Å². The molecule has 0 aromatic heterocycles. The number of amides is 2. The molecular weight excluding hydrogens is 534 g/mol. The summed E-state index contributed by atoms with van der Waals surface area (Å²) >= 11 is 0. The van der Waals surface area contributed by atoms with E-state index in [1.165, 1.54) is 4.90 Å². The lowest BCUT2D eigenvalue weighted by molar-refractivity contribution is -0.140. The zero-order chi connectivity index (χ0) is 30.2. The quantitative estimate of drug-likeness (QED) is 0.320. The van der Waals surface area contributed by atoms with E-state index in [0.717, 1.165) is 39.2 Å². The van der Waals surface area contributed by atoms with Crippen LogP contribution >= 0.6 is 0 Å². The van der Waals surface area contributed by atoms with E-state index in [1.54, 1.807) is 12.1 Å². The first-order chi connectivity index (χ1) is 19.3. The van der Waals surface area contributed by atoms with Crippen molar-refractivity contribution >= 4 is 27.5 Å². The van der Waals surface area contributed by atoms with E-state index in [9.17, 15) is 18.0 Å². The SMILES string of the molecule is CCCNC(=O)[C@@H](Cc1ccccc1)N(Cc1cccc(C)c1)C(=O)CN(c1ccc(C(C)(C)C)cc1)S(C)(=O)=O. The fourth-order valence-electron chi connectivity index (χ4n) is 4.67. The minimum atomic E-state index is -3.81. The van der Waals surface area contributed by atoms with E-state index < -0.39 is 28.5 Å². The highest BCUT2D eigenvalue weighted by molar-refractivity contribution is 7.92. The summed E-state index contributed by atoms with van der Waals surface area (Å²) in [6.07, 6.45) is 2.15. The number of benzene rings is 3. The standard InChI is InChI=1S/C33H43N3O4S/c1-7-20-34-32(38)30(22-26-13-9-8-10-14-26)35(23-27-15-11-12-25(2)21-27)31(37)24-36(41(6,39)40)29-18-16-28(17-19-29)33(3,4)5/h8-19,21,30H,7,20,22-24H2,1-6H3,(H,34,38)/t30-/m1/s1. The second kappa shape index (κ2) is 13.8. The van der Waals surface area contributed by atoms with Gasteiger partial charge in [0.25, 0.3) is 0 Å². The Labute approximate surface area is 245 Å². The van der Waals surface area contributed by atoms with Crippen LogP contribution < -0.4 is 9.62 Å². The van der Waals surface area contributed by atoms with Gasteiger partial charge in [-0.3, -0.25) is 13.9 Å². The lowest BCUT2D eigenvalue weighted by Crippen LogP contribution is -2.53. The number of carbonyl (C=O) groups is 2. The number of nitrogens with one attached hydrogen (secondary N) is 1. The molecule has 1 N–H and O–H groups in total. The summed E-state index contributed by atoms with van der Waals surface area (Å²) < 4.78 is 27.1. The van der Waals surface area contributed by atoms with Gasteiger partial charge in [-0.1, -0.05) is 100.0 Å². The molecule has 0 saturated heterocycles. The van der Waals surface area contributed by atoms with E-state index in [-0.39, 0.29) is 17.9 Å². The molecule has 41 heavy (non-hydrogen) atoms. The molecule has 220 valence electrons. The minimum Gasteiger partial charge on any atom is -0.354 e. The van der Waals surface area contributed by atoms with E-state index in [0.29, 0.717) is 18.7 Å². The number of nitrogens with zero attached hydrogens (tertiary/aromatic N) is 2. The molecule has 8 heteroatoms. The van der Waals surface area contributed by atoms with Gasteiger partial charge in [-0.05, 0) is 47.6 Å². The third-order valence-electron chi connectivity index (χ3n) is 6.96. The monoisotopic (exact) mass is 577 g/mol. The zero-order valence-corrected chi connectivity index (χ0v) is 25.9. The van der Waals surface area contributed by atoms with Crippen molar-refractivity contribution in [3.05, 3.63) is 101 Å². The summed E-state index contributed by atoms with van der Waals surface area (Å²) in [6.45, 7) is 10.4. The van der Waals surface area contributed by atoms with Crippen LogP contribution in [0, 0.1) is 6.92 Å². The molecule has 3 rings (SSSR count). The number of aryl methyl sites for hydroxylation is 1. The third kappa shape index (κ3) is 9.18. The minimum absolute atomic E-state index is 0.106. The molecule has 0 aliphatic rings. The summed E-state index contributed by atoms with van der Waals surface area (Å²) in [5, 5.41) is 2.96. The molecule has 0 unspecified atom stereocenters. The summed E-state index contributed by atoms with van der Waals surface area (Å²) in [7, 11) is -3.81. The largest absolute Gasteiger partial charge is 0.354 e. The highest BCUT2D eigenvalue weighted by atomic mass is 32.2. The van der Waals surface area contributed by atoms with Crippen molar-refractivity contribution in [3.63, 3.8) is 0 Å². The van der Waals surface area contributed by atoms with Crippen LogP contribution in [0.15, 0.2) is 78.9 Å². The van der Waals surface area contributed by atoms with Crippen LogP contribution in [0.2, 0.25) is 0 Å². The Bertz CT molecular complexity index is 1410. The van der Waals surface area contributed by atoms with Crippen molar-refractivity contribution in [1.82, 2.24) is 10.2 Å². The van der Waals surface area contributed by atoms with E-state index in [4.69, 9.17) is 0 Å². The van der Waals surface area contributed by atoms with Crippen molar-refractivity contribution in [2.75, 3.05) is 23.7 Å². The fourth-order valence-corrected chi connectivity index (χ4v) is 5.52. The smallest absolute Gasteiger partial charge is 0.244 e. The zero-order valence-electron chi connectivity index (χ0n) is 25.1. The predicted octanol–water partition coefficient (Wildman–Crippen LogP) is 5.22. The lowest BCUT2D eigenvalue weighted by Gasteiger charge is -2.33. The van der Waals surface area contributed by atoms with Gasteiger partial charge in [-0.2, -0.15) is 0 Å². The lowest BCUT2D eigenvalue weighted by atomic mass is 9.87. The highest BCUT2D eigenvalue weighted by Crippen LogP contribution is 2.26. The molecule has 0 aliphatic heterocycles. The predicted molar refractivity (Wildman–Crippen MR) is 166 cm³/mol. The number of hydrogen-bond acceptors (Lipinski definition) is 4. The van der Waals surface area contributed by atoms with Gasteiger partial charge in [0.1, 0.15) is 12.6 Å². The van der Waals surface area contributed by atoms with Gasteiger partial charge >= 0.3 is 0 Å². The average molecular weight is 578 g/mol. The number of rotatable bonds is 12. The van der Waals surface area contributed by atoms with Crippen molar-refractivity contribution in [3.8, 4) is 0 Å². The maximum atomic E-state index is 14.1. The van der Waals surface area contributed by atoms with E-state index in [2.05, 4.69) is 26.1 Å². The van der Waals surface area contributed by atoms with Crippen molar-refractivity contribution < 1.29 is 18.0 Å². The molecule has 7 nitrogen and oxygen atoms in total. The molecule has 2 amide bonds. The molecule has 0 bridgehead atoms. The first-order valence-electron chi connectivity index (χ1n) is 14.0. The van der Waals surface area contributed by atoms with Crippen LogP contribution in [0.25, 0.3) is 0 Å². The molecule has 0 aliphatic carbocycles. The Morgan fingerprint density at radius 3 is 2.10 bits per heavy atom. The first kappa shape index (κ1) is 31.9. The molecule has 3 aromatic carbocycles. The van der Waals surface area contributed by atoms with Gasteiger partial charge in [0.05, 0.1) is 11.9 Å². The molecule has 0 fully saturated rings. The van der Waals surface area contributed by atoms with Crippen molar-refractivity contribution in [2.24, 2.45) is 0 Å². The van der Waals surface area contributed by atoms with Crippen LogP contribution in [0.5, 0.6) is 0 Å². The maximum Gasteiger partial charge on any atom is 0.244 e. The summed E-state index contributed by atoms with van der Waals surface area (Å²) in [5.41, 5.74) is 4.15. The number of sulfonamides is 1. The molecule has 3 aromatic rings. The summed E-state index contributed by atoms with van der Waals surface area (Å²) in [5.74, 6) is -0.721. The molecule has 0 saturated carbocycles. The second-order valence-electron chi connectivity index (χ2n) is 11.6. The summed E-state index contributed by atoms with van der Waals surface area (Å²) in [6, 6.07) is 23.7. The van der Waals surface area contributed by atoms with Gasteiger partial charge in [0.15, 0.2) is 0 Å². The van der Waals surface area contributed by atoms with Crippen LogP contribution in [0.4, 0.5) is 5.69 Å². The molecule has 0 heterocycles. The van der Waals surface area contributed by atoms with E-state index in [1.807, 2.05) is 80.6 Å². The van der Waals surface area contributed by atoms with Crippen molar-refractivity contribution in [1.29, 1.82) is 0 Å². The summed E-state index contributed by atoms with van der Waals surface area (Å²) in [4.78, 5) is 29.2. The normalized spacial score (nSPS) is 12.4. The van der Waals surface area contributed by atoms with Crippen LogP contribution in [-0.2, 0) is 38.0 Å². The van der Waals surface area contributed by atoms with Crippen LogP contribution in [0.1, 0.15) is 56.4 Å². The first-order valence-corrected chi connectivity index (χ1v) is 15.9. The number of carbonyl (C=O) groups excluding carboxylic acids is 2. The van der Waals surface area contributed by atoms with Gasteiger partial charge in [0.2, 0.25) is 21.8 Å². The average Bonchev–Trinajstić information content (AvgIpc) is 2.91. The third-order valence-corrected chi connectivity index (χ3v) is 8.10. The maximum absolute atomic E-state index is 14.1. The van der Waals surface area contributed by atoms with Gasteiger partial charge in [-0.15, -0.1) is 0 Å². The van der Waals surface area contributed by atoms with Gasteiger partial charge in [0, 0.05) is 19.5 Å². The Balaban J connectivity index is 2.04. The Kier molecular flexibility index (Phi) is 10.7. The molecule has 0 radical (unpaired) electrons. The molecular formula is C33H43N3O4S. The van der Waals surface area contributed by atoms with Crippen LogP contribution in [-0.4, -0.2) is 50.5 Å². The van der Waals surface area contributed by atoms with E-state index >= 15 is 0 Å². The topological polar surface area (TPSA) is 86.8 Å². The number of anilines is 1. The second-order valence-corrected chi connectivity index (χ2v) is 13.5. The van der Waals surface area contributed by atoms with Crippen LogP contribution in [0.3, 0.4) is 0 Å².